The van der Waals surface area contributed by atoms with Crippen LogP contribution >= 0.6 is 23.3 Å². The first-order valence-electron chi connectivity index (χ1n) is 5.78. The van der Waals surface area contributed by atoms with Gasteiger partial charge in [0.2, 0.25) is 0 Å². The van der Waals surface area contributed by atoms with Crippen LogP contribution in [0.2, 0.25) is 0 Å². The fourth-order valence-electron chi connectivity index (χ4n) is 1.53. The number of benzene rings is 1. The van der Waals surface area contributed by atoms with E-state index in [1.807, 2.05) is 25.1 Å². The highest BCUT2D eigenvalue weighted by Gasteiger charge is 2.10. The van der Waals surface area contributed by atoms with E-state index in [2.05, 4.69) is 14.8 Å². The van der Waals surface area contributed by atoms with Crippen LogP contribution in [-0.2, 0) is 12.2 Å². The molecule has 0 radical (unpaired) electrons. The van der Waals surface area contributed by atoms with Crippen LogP contribution in [0.25, 0.3) is 0 Å². The fourth-order valence-corrected chi connectivity index (χ4v) is 3.22. The number of amides is 1. The Balaban J connectivity index is 2.08. The first-order chi connectivity index (χ1) is 9.24. The highest BCUT2D eigenvalue weighted by Crippen LogP contribution is 2.25. The predicted molar refractivity (Wildman–Crippen MR) is 76.9 cm³/mol. The highest BCUT2D eigenvalue weighted by atomic mass is 32.2. The number of rotatable bonds is 5. The number of carbonyl (C=O) groups excluding carboxylic acids is 1. The topological polar surface area (TPSA) is 80.9 Å². The minimum Gasteiger partial charge on any atom is -0.290 e. The third-order valence-electron chi connectivity index (χ3n) is 2.51. The van der Waals surface area contributed by atoms with E-state index >= 15 is 0 Å². The van der Waals surface area contributed by atoms with E-state index in [-0.39, 0.29) is 5.91 Å². The number of nitrogens with zero attached hydrogens (tertiary/aromatic N) is 2. The summed E-state index contributed by atoms with van der Waals surface area (Å²) in [5.41, 5.74) is 3.69. The molecule has 0 aliphatic carbocycles. The van der Waals surface area contributed by atoms with Crippen molar-refractivity contribution in [3.8, 4) is 0 Å². The first kappa shape index (κ1) is 14.0. The fraction of sp³-hybridized carbons (Fsp3) is 0.250. The van der Waals surface area contributed by atoms with Gasteiger partial charge in [0, 0.05) is 17.7 Å². The number of hydrazine groups is 1. The van der Waals surface area contributed by atoms with Crippen LogP contribution in [0, 0.1) is 0 Å². The lowest BCUT2D eigenvalue weighted by molar-refractivity contribution is 0.0953. The summed E-state index contributed by atoms with van der Waals surface area (Å²) in [6.07, 6.45) is 0.837. The van der Waals surface area contributed by atoms with Crippen molar-refractivity contribution in [2.75, 3.05) is 0 Å². The molecule has 0 aliphatic rings. The Morgan fingerprint density at radius 3 is 2.95 bits per heavy atom. The molecule has 7 heteroatoms. The molecule has 2 aromatic rings. The lowest BCUT2D eigenvalue weighted by atomic mass is 10.1. The lowest BCUT2D eigenvalue weighted by Gasteiger charge is -2.06. The monoisotopic (exact) mass is 294 g/mol. The normalized spacial score (nSPS) is 10.4. The molecule has 0 saturated carbocycles. The lowest BCUT2D eigenvalue weighted by Crippen LogP contribution is -2.30. The predicted octanol–water partition coefficient (Wildman–Crippen LogP) is 2.00. The summed E-state index contributed by atoms with van der Waals surface area (Å²) in [5.74, 6) is 6.43. The number of thioether (sulfide) groups is 1. The van der Waals surface area contributed by atoms with Gasteiger partial charge in [0.25, 0.3) is 5.91 Å². The van der Waals surface area contributed by atoms with Gasteiger partial charge in [-0.1, -0.05) is 36.9 Å². The zero-order valence-corrected chi connectivity index (χ0v) is 12.1. The second-order valence-electron chi connectivity index (χ2n) is 3.75. The van der Waals surface area contributed by atoms with Crippen molar-refractivity contribution in [2.45, 2.75) is 23.4 Å². The number of nitrogens with one attached hydrogen (secondary N) is 1. The van der Waals surface area contributed by atoms with E-state index < -0.39 is 0 Å². The SMILES string of the molecule is CCc1nsc(SCc2ccccc2C(=O)NN)n1. The van der Waals surface area contributed by atoms with Crippen LogP contribution in [0.15, 0.2) is 28.6 Å². The molecular formula is C12H14N4OS2. The van der Waals surface area contributed by atoms with Crippen molar-refractivity contribution < 1.29 is 4.79 Å². The average molecular weight is 294 g/mol. The van der Waals surface area contributed by atoms with E-state index in [9.17, 15) is 4.79 Å². The maximum absolute atomic E-state index is 11.6. The Bertz CT molecular complexity index is 570. The zero-order chi connectivity index (χ0) is 13.7. The molecule has 1 aromatic carbocycles. The Kier molecular flexibility index (Phi) is 4.89. The molecule has 1 amide bonds. The van der Waals surface area contributed by atoms with Gasteiger partial charge in [-0.15, -0.1) is 0 Å². The summed E-state index contributed by atoms with van der Waals surface area (Å²) in [6, 6.07) is 7.40. The van der Waals surface area contributed by atoms with Crippen LogP contribution in [-0.4, -0.2) is 15.3 Å². The molecule has 0 saturated heterocycles. The smallest absolute Gasteiger partial charge is 0.265 e. The number of hydrogen-bond donors (Lipinski definition) is 2. The van der Waals surface area contributed by atoms with Crippen LogP contribution < -0.4 is 11.3 Å². The number of aryl methyl sites for hydroxylation is 1. The molecule has 5 nitrogen and oxygen atoms in total. The van der Waals surface area contributed by atoms with E-state index in [0.29, 0.717) is 11.3 Å². The Hall–Kier alpha value is -1.44. The molecule has 100 valence electrons. The van der Waals surface area contributed by atoms with E-state index in [1.165, 1.54) is 11.5 Å². The van der Waals surface area contributed by atoms with E-state index in [0.717, 1.165) is 22.1 Å². The minimum absolute atomic E-state index is 0.275. The number of carbonyl (C=O) groups is 1. The molecule has 0 aliphatic heterocycles. The standard InChI is InChI=1S/C12H14N4OS2/c1-2-10-14-12(19-16-10)18-7-8-5-3-4-6-9(8)11(17)15-13/h3-6H,2,7,13H2,1H3,(H,15,17). The van der Waals surface area contributed by atoms with Crippen molar-refractivity contribution in [1.29, 1.82) is 0 Å². The van der Waals surface area contributed by atoms with Crippen molar-refractivity contribution in [3.05, 3.63) is 41.2 Å². The van der Waals surface area contributed by atoms with Crippen LogP contribution in [0.1, 0.15) is 28.7 Å². The number of aromatic nitrogens is 2. The van der Waals surface area contributed by atoms with Crippen LogP contribution in [0.5, 0.6) is 0 Å². The molecule has 0 spiro atoms. The second kappa shape index (κ2) is 6.65. The zero-order valence-electron chi connectivity index (χ0n) is 10.4. The summed E-state index contributed by atoms with van der Waals surface area (Å²) in [6.45, 7) is 2.03. The summed E-state index contributed by atoms with van der Waals surface area (Å²) in [4.78, 5) is 16.0. The van der Waals surface area contributed by atoms with Crippen LogP contribution in [0.3, 0.4) is 0 Å². The van der Waals surface area contributed by atoms with Gasteiger partial charge >= 0.3 is 0 Å². The van der Waals surface area contributed by atoms with Gasteiger partial charge in [0.1, 0.15) is 5.82 Å². The number of hydrogen-bond acceptors (Lipinski definition) is 6. The summed E-state index contributed by atoms with van der Waals surface area (Å²) < 4.78 is 5.15. The summed E-state index contributed by atoms with van der Waals surface area (Å²) >= 11 is 2.97. The van der Waals surface area contributed by atoms with E-state index in [1.54, 1.807) is 17.8 Å². The van der Waals surface area contributed by atoms with Gasteiger partial charge in [0.15, 0.2) is 4.34 Å². The highest BCUT2D eigenvalue weighted by molar-refractivity contribution is 8.00. The molecule has 19 heavy (non-hydrogen) atoms. The van der Waals surface area contributed by atoms with Gasteiger partial charge in [-0.3, -0.25) is 10.2 Å². The van der Waals surface area contributed by atoms with E-state index in [4.69, 9.17) is 5.84 Å². The van der Waals surface area contributed by atoms with Gasteiger partial charge in [-0.05, 0) is 23.2 Å². The second-order valence-corrected chi connectivity index (χ2v) is 5.72. The third-order valence-corrected chi connectivity index (χ3v) is 4.43. The molecule has 0 unspecified atom stereocenters. The molecule has 3 N–H and O–H groups in total. The first-order valence-corrected chi connectivity index (χ1v) is 7.54. The van der Waals surface area contributed by atoms with Crippen molar-refractivity contribution in [3.63, 3.8) is 0 Å². The largest absolute Gasteiger partial charge is 0.290 e. The quantitative estimate of drug-likeness (QED) is 0.381. The van der Waals surface area contributed by atoms with Gasteiger partial charge in [0.05, 0.1) is 0 Å². The maximum Gasteiger partial charge on any atom is 0.265 e. The number of nitrogen functional groups attached to an aromatic ring is 1. The maximum atomic E-state index is 11.6. The number of nitrogens with two attached hydrogens (primary N) is 1. The van der Waals surface area contributed by atoms with Crippen LogP contribution in [0.4, 0.5) is 0 Å². The van der Waals surface area contributed by atoms with Gasteiger partial charge in [-0.2, -0.15) is 4.37 Å². The molecular weight excluding hydrogens is 280 g/mol. The molecule has 1 heterocycles. The molecule has 0 atom stereocenters. The Morgan fingerprint density at radius 2 is 2.26 bits per heavy atom. The summed E-state index contributed by atoms with van der Waals surface area (Å²) in [5, 5.41) is 0. The van der Waals surface area contributed by atoms with Crippen molar-refractivity contribution in [2.24, 2.45) is 5.84 Å². The van der Waals surface area contributed by atoms with Crippen molar-refractivity contribution >= 4 is 29.2 Å². The average Bonchev–Trinajstić information content (AvgIpc) is 2.92. The minimum atomic E-state index is -0.275. The van der Waals surface area contributed by atoms with Gasteiger partial charge < -0.3 is 0 Å². The Labute approximate surface area is 119 Å². The molecule has 0 bridgehead atoms. The summed E-state index contributed by atoms with van der Waals surface area (Å²) in [7, 11) is 0. The molecule has 2 rings (SSSR count). The molecule has 1 aromatic heterocycles. The Morgan fingerprint density at radius 1 is 1.47 bits per heavy atom. The molecule has 0 fully saturated rings. The van der Waals surface area contributed by atoms with Gasteiger partial charge in [-0.25, -0.2) is 10.8 Å². The van der Waals surface area contributed by atoms with Crippen molar-refractivity contribution in [1.82, 2.24) is 14.8 Å². The third kappa shape index (κ3) is 3.52.